The maximum absolute atomic E-state index is 12.9. The lowest BCUT2D eigenvalue weighted by atomic mass is 10.1. The van der Waals surface area contributed by atoms with Gasteiger partial charge in [0.25, 0.3) is 11.6 Å². The second kappa shape index (κ2) is 10.5. The fourth-order valence-electron chi connectivity index (χ4n) is 3.43. The first-order valence-electron chi connectivity index (χ1n) is 10.0. The number of hydrogen-bond acceptors (Lipinski definition) is 9. The highest BCUT2D eigenvalue weighted by molar-refractivity contribution is 8.01. The number of carbonyl (C=O) groups is 1. The quantitative estimate of drug-likeness (QED) is 0.370. The lowest BCUT2D eigenvalue weighted by Crippen LogP contribution is -2.43. The summed E-state index contributed by atoms with van der Waals surface area (Å²) in [6.07, 6.45) is 0. The average Bonchev–Trinajstić information content (AvgIpc) is 3.47. The van der Waals surface area contributed by atoms with E-state index < -0.39 is 4.92 Å². The molecule has 1 amide bonds. The highest BCUT2D eigenvalue weighted by atomic mass is 32.2. The van der Waals surface area contributed by atoms with E-state index in [0.29, 0.717) is 24.7 Å². The van der Waals surface area contributed by atoms with Crippen molar-refractivity contribution in [2.24, 2.45) is 0 Å². The number of morpholine rings is 1. The SMILES string of the molecule is Cc1csc(Sc2ccc(C(=O)NC[C@@H](c3cccs3)N3CCOCC3)cc2[N+](=O)[O-])n1. The van der Waals surface area contributed by atoms with E-state index >= 15 is 0 Å². The molecule has 1 aliphatic heterocycles. The van der Waals surface area contributed by atoms with Crippen molar-refractivity contribution in [2.45, 2.75) is 22.2 Å². The Labute approximate surface area is 197 Å². The number of benzene rings is 1. The predicted octanol–water partition coefficient (Wildman–Crippen LogP) is 4.38. The minimum atomic E-state index is -0.457. The van der Waals surface area contributed by atoms with Crippen LogP contribution in [-0.2, 0) is 4.74 Å². The molecule has 8 nitrogen and oxygen atoms in total. The number of nitro benzene ring substituents is 1. The van der Waals surface area contributed by atoms with E-state index in [-0.39, 0.29) is 23.2 Å². The largest absolute Gasteiger partial charge is 0.379 e. The van der Waals surface area contributed by atoms with Crippen LogP contribution in [0.2, 0.25) is 0 Å². The molecule has 1 aromatic carbocycles. The zero-order chi connectivity index (χ0) is 22.5. The maximum atomic E-state index is 12.9. The molecule has 11 heteroatoms. The van der Waals surface area contributed by atoms with Crippen molar-refractivity contribution >= 4 is 46.0 Å². The second-order valence-electron chi connectivity index (χ2n) is 7.19. The van der Waals surface area contributed by atoms with Gasteiger partial charge in [-0.15, -0.1) is 22.7 Å². The summed E-state index contributed by atoms with van der Waals surface area (Å²) in [4.78, 5) is 32.3. The summed E-state index contributed by atoms with van der Waals surface area (Å²) in [5, 5.41) is 18.5. The van der Waals surface area contributed by atoms with Gasteiger partial charge in [-0.2, -0.15) is 0 Å². The molecule has 1 atom stereocenters. The summed E-state index contributed by atoms with van der Waals surface area (Å²) in [6, 6.07) is 8.69. The first-order valence-corrected chi connectivity index (χ1v) is 12.6. The lowest BCUT2D eigenvalue weighted by Gasteiger charge is -2.34. The Morgan fingerprint density at radius 1 is 1.34 bits per heavy atom. The molecule has 1 saturated heterocycles. The van der Waals surface area contributed by atoms with Crippen LogP contribution in [0.25, 0.3) is 0 Å². The Morgan fingerprint density at radius 3 is 2.81 bits per heavy atom. The number of ether oxygens (including phenoxy) is 1. The van der Waals surface area contributed by atoms with Gasteiger partial charge in [0.2, 0.25) is 0 Å². The van der Waals surface area contributed by atoms with Crippen LogP contribution >= 0.6 is 34.4 Å². The van der Waals surface area contributed by atoms with E-state index in [1.807, 2.05) is 23.8 Å². The summed E-state index contributed by atoms with van der Waals surface area (Å²) in [6.45, 7) is 5.22. The van der Waals surface area contributed by atoms with Gasteiger partial charge in [0.15, 0.2) is 4.34 Å². The first-order chi connectivity index (χ1) is 15.5. The lowest BCUT2D eigenvalue weighted by molar-refractivity contribution is -0.387. The molecule has 1 N–H and O–H groups in total. The number of rotatable bonds is 8. The highest BCUT2D eigenvalue weighted by Crippen LogP contribution is 2.37. The summed E-state index contributed by atoms with van der Waals surface area (Å²) in [5.41, 5.74) is 1.04. The molecule has 0 saturated carbocycles. The molecule has 3 heterocycles. The van der Waals surface area contributed by atoms with Crippen LogP contribution in [0.4, 0.5) is 5.69 Å². The van der Waals surface area contributed by atoms with Crippen molar-refractivity contribution in [3.63, 3.8) is 0 Å². The molecular formula is C21H22N4O4S3. The molecule has 0 spiro atoms. The van der Waals surface area contributed by atoms with Crippen LogP contribution in [0, 0.1) is 17.0 Å². The van der Waals surface area contributed by atoms with E-state index in [1.54, 1.807) is 23.5 Å². The van der Waals surface area contributed by atoms with Gasteiger partial charge in [0, 0.05) is 47.2 Å². The number of aromatic nitrogens is 1. The van der Waals surface area contributed by atoms with Crippen molar-refractivity contribution in [2.75, 3.05) is 32.8 Å². The molecule has 0 bridgehead atoms. The van der Waals surface area contributed by atoms with E-state index in [2.05, 4.69) is 21.3 Å². The van der Waals surface area contributed by atoms with E-state index in [1.165, 1.54) is 34.0 Å². The van der Waals surface area contributed by atoms with Gasteiger partial charge in [0.1, 0.15) is 0 Å². The average molecular weight is 491 g/mol. The van der Waals surface area contributed by atoms with Crippen molar-refractivity contribution < 1.29 is 14.5 Å². The number of nitro groups is 1. The summed E-state index contributed by atoms with van der Waals surface area (Å²) >= 11 is 4.32. The van der Waals surface area contributed by atoms with Gasteiger partial charge in [0.05, 0.1) is 29.1 Å². The maximum Gasteiger partial charge on any atom is 0.284 e. The third-order valence-corrected chi connectivity index (χ3v) is 8.12. The molecule has 1 aliphatic rings. The molecule has 3 aromatic rings. The number of aryl methyl sites for hydroxylation is 1. The number of thiophene rings is 1. The molecule has 168 valence electrons. The van der Waals surface area contributed by atoms with Gasteiger partial charge in [-0.05, 0) is 30.5 Å². The van der Waals surface area contributed by atoms with Crippen LogP contribution in [0.5, 0.6) is 0 Å². The van der Waals surface area contributed by atoms with Crippen LogP contribution in [0.1, 0.15) is 27.0 Å². The Morgan fingerprint density at radius 2 is 2.16 bits per heavy atom. The van der Waals surface area contributed by atoms with Crippen LogP contribution < -0.4 is 5.32 Å². The van der Waals surface area contributed by atoms with E-state index in [4.69, 9.17) is 4.74 Å². The number of carbonyl (C=O) groups excluding carboxylic acids is 1. The van der Waals surface area contributed by atoms with Crippen molar-refractivity contribution in [3.8, 4) is 0 Å². The van der Waals surface area contributed by atoms with Gasteiger partial charge < -0.3 is 10.1 Å². The van der Waals surface area contributed by atoms with Gasteiger partial charge in [-0.1, -0.05) is 17.8 Å². The van der Waals surface area contributed by atoms with E-state index in [0.717, 1.165) is 23.1 Å². The summed E-state index contributed by atoms with van der Waals surface area (Å²) < 4.78 is 6.19. The Kier molecular flexibility index (Phi) is 7.53. The number of thiazole rings is 1. The number of hydrogen-bond donors (Lipinski definition) is 1. The standard InChI is InChI=1S/C21H22N4O4S3/c1-14-13-31-21(23-14)32-19-5-4-15(11-16(19)25(27)28)20(26)22-12-17(18-3-2-10-30-18)24-6-8-29-9-7-24/h2-5,10-11,13,17H,6-9,12H2,1H3,(H,22,26)/t17-/m0/s1. The molecule has 2 aromatic heterocycles. The third kappa shape index (κ3) is 5.54. The minimum absolute atomic E-state index is 0.0424. The summed E-state index contributed by atoms with van der Waals surface area (Å²) in [5.74, 6) is -0.329. The van der Waals surface area contributed by atoms with Crippen molar-refractivity contribution in [1.29, 1.82) is 0 Å². The van der Waals surface area contributed by atoms with Crippen LogP contribution in [-0.4, -0.2) is 53.6 Å². The van der Waals surface area contributed by atoms with Gasteiger partial charge >= 0.3 is 0 Å². The molecule has 1 fully saturated rings. The van der Waals surface area contributed by atoms with Crippen molar-refractivity contribution in [1.82, 2.24) is 15.2 Å². The molecule has 4 rings (SSSR count). The van der Waals surface area contributed by atoms with Gasteiger partial charge in [-0.3, -0.25) is 19.8 Å². The van der Waals surface area contributed by atoms with E-state index in [9.17, 15) is 14.9 Å². The minimum Gasteiger partial charge on any atom is -0.379 e. The van der Waals surface area contributed by atoms with Crippen LogP contribution in [0.3, 0.4) is 0 Å². The van der Waals surface area contributed by atoms with Gasteiger partial charge in [-0.25, -0.2) is 4.98 Å². The zero-order valence-corrected chi connectivity index (χ0v) is 19.8. The monoisotopic (exact) mass is 490 g/mol. The fourth-order valence-corrected chi connectivity index (χ4v) is 6.17. The Balaban J connectivity index is 1.48. The Hall–Kier alpha value is -2.31. The third-order valence-electron chi connectivity index (χ3n) is 5.03. The Bertz CT molecular complexity index is 1080. The normalized spacial score (nSPS) is 15.4. The summed E-state index contributed by atoms with van der Waals surface area (Å²) in [7, 11) is 0. The second-order valence-corrected chi connectivity index (χ2v) is 10.3. The molecule has 0 aliphatic carbocycles. The fraction of sp³-hybridized carbons (Fsp3) is 0.333. The number of nitrogens with zero attached hydrogens (tertiary/aromatic N) is 3. The van der Waals surface area contributed by atoms with Crippen LogP contribution in [0.15, 0.2) is 50.3 Å². The molecule has 32 heavy (non-hydrogen) atoms. The first kappa shape index (κ1) is 22.9. The zero-order valence-electron chi connectivity index (χ0n) is 17.4. The number of amides is 1. The topological polar surface area (TPSA) is 97.6 Å². The smallest absolute Gasteiger partial charge is 0.284 e. The predicted molar refractivity (Wildman–Crippen MR) is 126 cm³/mol. The molecule has 0 radical (unpaired) electrons. The van der Waals surface area contributed by atoms with Crippen molar-refractivity contribution in [3.05, 3.63) is 67.3 Å². The molecule has 0 unspecified atom stereocenters. The highest BCUT2D eigenvalue weighted by Gasteiger charge is 2.25. The number of nitrogens with one attached hydrogen (secondary N) is 1. The molecular weight excluding hydrogens is 468 g/mol.